The number of halogens is 1. The van der Waals surface area contributed by atoms with E-state index in [4.69, 9.17) is 9.15 Å². The van der Waals surface area contributed by atoms with E-state index in [2.05, 4.69) is 20.0 Å². The molecule has 2 aliphatic rings. The third-order valence-corrected chi connectivity index (χ3v) is 4.64. The fourth-order valence-corrected chi connectivity index (χ4v) is 3.42. The van der Waals surface area contributed by atoms with Gasteiger partial charge < -0.3 is 14.1 Å². The second kappa shape index (κ2) is 8.56. The van der Waals surface area contributed by atoms with E-state index in [9.17, 15) is 0 Å². The van der Waals surface area contributed by atoms with Gasteiger partial charge in [0, 0.05) is 32.7 Å². The summed E-state index contributed by atoms with van der Waals surface area (Å²) in [5.41, 5.74) is 0. The normalized spacial score (nSPS) is 26.5. The van der Waals surface area contributed by atoms with E-state index in [0.29, 0.717) is 12.1 Å². The Labute approximate surface area is 149 Å². The van der Waals surface area contributed by atoms with Crippen LogP contribution in [0.4, 0.5) is 0 Å². The smallest absolute Gasteiger partial charge is 0.230 e. The highest BCUT2D eigenvalue weighted by Gasteiger charge is 2.34. The summed E-state index contributed by atoms with van der Waals surface area (Å²) in [6.07, 6.45) is 4.90. The first-order valence-corrected chi connectivity index (χ1v) is 8.09. The number of nitrogens with zero attached hydrogens (tertiary/aromatic N) is 4. The molecule has 0 unspecified atom stereocenters. The Balaban J connectivity index is 0.00000176. The highest BCUT2D eigenvalue weighted by atomic mass is 127. The van der Waals surface area contributed by atoms with Crippen molar-refractivity contribution in [3.63, 3.8) is 0 Å². The molecule has 2 aliphatic heterocycles. The summed E-state index contributed by atoms with van der Waals surface area (Å²) >= 11 is 0. The first-order valence-electron chi connectivity index (χ1n) is 8.09. The van der Waals surface area contributed by atoms with Crippen LogP contribution in [0.3, 0.4) is 0 Å². The Kier molecular flexibility index (Phi) is 7.04. The summed E-state index contributed by atoms with van der Waals surface area (Å²) in [5.74, 6) is 1.46. The van der Waals surface area contributed by atoms with Crippen LogP contribution in [0.15, 0.2) is 4.42 Å². The average molecular weight is 422 g/mol. The Hall–Kier alpha value is -0.250. The van der Waals surface area contributed by atoms with Crippen LogP contribution in [0, 0.1) is 0 Å². The zero-order valence-corrected chi connectivity index (χ0v) is 15.9. The van der Waals surface area contributed by atoms with Crippen LogP contribution >= 0.6 is 24.0 Å². The molecule has 0 bridgehead atoms. The first kappa shape index (κ1) is 18.1. The van der Waals surface area contributed by atoms with Gasteiger partial charge in [0.2, 0.25) is 11.8 Å². The maximum absolute atomic E-state index is 5.66. The molecule has 3 rings (SSSR count). The molecule has 0 radical (unpaired) electrons. The topological polar surface area (TPSA) is 54.6 Å². The minimum absolute atomic E-state index is 0. The van der Waals surface area contributed by atoms with Gasteiger partial charge in [-0.15, -0.1) is 34.2 Å². The number of methoxy groups -OCH3 is 1. The second-order valence-corrected chi connectivity index (χ2v) is 6.13. The summed E-state index contributed by atoms with van der Waals surface area (Å²) in [5, 5.41) is 8.21. The molecule has 0 aliphatic carbocycles. The minimum Gasteiger partial charge on any atom is -0.424 e. The molecular weight excluding hydrogens is 395 g/mol. The van der Waals surface area contributed by atoms with Gasteiger partial charge in [0.15, 0.2) is 0 Å². The van der Waals surface area contributed by atoms with Crippen molar-refractivity contribution in [1.82, 2.24) is 20.0 Å². The maximum atomic E-state index is 5.66. The zero-order valence-electron chi connectivity index (χ0n) is 13.5. The first-order chi connectivity index (χ1) is 10.3. The van der Waals surface area contributed by atoms with Crippen LogP contribution in [0.25, 0.3) is 0 Å². The molecule has 3 heterocycles. The molecule has 0 aromatic carbocycles. The molecule has 126 valence electrons. The van der Waals surface area contributed by atoms with Crippen LogP contribution < -0.4 is 0 Å². The molecule has 1 aromatic heterocycles. The van der Waals surface area contributed by atoms with Gasteiger partial charge in [-0.25, -0.2) is 0 Å². The lowest BCUT2D eigenvalue weighted by atomic mass is 10.2. The number of rotatable bonds is 6. The largest absolute Gasteiger partial charge is 0.424 e. The maximum Gasteiger partial charge on any atom is 0.230 e. The van der Waals surface area contributed by atoms with Gasteiger partial charge in [0.25, 0.3) is 0 Å². The van der Waals surface area contributed by atoms with Crippen LogP contribution in [-0.4, -0.2) is 65.4 Å². The lowest BCUT2D eigenvalue weighted by Gasteiger charge is -2.26. The lowest BCUT2D eigenvalue weighted by Crippen LogP contribution is -2.39. The van der Waals surface area contributed by atoms with Crippen molar-refractivity contribution in [2.45, 2.75) is 51.3 Å². The third kappa shape index (κ3) is 4.39. The van der Waals surface area contributed by atoms with Crippen LogP contribution in [-0.2, 0) is 17.7 Å². The molecule has 7 heteroatoms. The number of hydrogen-bond donors (Lipinski definition) is 0. The van der Waals surface area contributed by atoms with Gasteiger partial charge >= 0.3 is 0 Å². The molecule has 2 fully saturated rings. The molecule has 0 N–H and O–H groups in total. The molecule has 2 saturated heterocycles. The second-order valence-electron chi connectivity index (χ2n) is 6.13. The average Bonchev–Trinajstić information content (AvgIpc) is 3.22. The van der Waals surface area contributed by atoms with Crippen molar-refractivity contribution < 1.29 is 9.15 Å². The van der Waals surface area contributed by atoms with E-state index in [1.165, 1.54) is 25.9 Å². The summed E-state index contributed by atoms with van der Waals surface area (Å²) in [4.78, 5) is 5.01. The summed E-state index contributed by atoms with van der Waals surface area (Å²) in [7, 11) is 1.81. The van der Waals surface area contributed by atoms with Crippen LogP contribution in [0.5, 0.6) is 0 Å². The molecule has 22 heavy (non-hydrogen) atoms. The van der Waals surface area contributed by atoms with E-state index in [-0.39, 0.29) is 24.0 Å². The predicted octanol–water partition coefficient (Wildman–Crippen LogP) is 1.94. The minimum atomic E-state index is 0. The van der Waals surface area contributed by atoms with Crippen molar-refractivity contribution >= 4 is 24.0 Å². The fraction of sp³-hybridized carbons (Fsp3) is 0.867. The Bertz CT molecular complexity index is 451. The number of likely N-dealkylation sites (tertiary alicyclic amines) is 2. The van der Waals surface area contributed by atoms with Crippen LogP contribution in [0.1, 0.15) is 38.0 Å². The summed E-state index contributed by atoms with van der Waals surface area (Å²) in [6, 6.07) is 0.532. The SMILES string of the molecule is CCc1nnc(CN2C[C@@H](OC)C[C@H]2CN2CCCC2)o1.I. The molecule has 0 spiro atoms. The van der Waals surface area contributed by atoms with E-state index in [1.807, 2.05) is 14.0 Å². The molecule has 0 amide bonds. The molecular formula is C15H27IN4O2. The van der Waals surface area contributed by atoms with Crippen molar-refractivity contribution in [2.24, 2.45) is 0 Å². The number of aromatic nitrogens is 2. The monoisotopic (exact) mass is 422 g/mol. The standard InChI is InChI=1S/C15H26N4O2.HI/c1-3-14-16-17-15(21-14)11-19-10-13(20-2)8-12(19)9-18-6-4-5-7-18;/h12-13H,3-11H2,1-2H3;1H/t12-,13-;/m0./s1. The summed E-state index contributed by atoms with van der Waals surface area (Å²) < 4.78 is 11.2. The van der Waals surface area contributed by atoms with Gasteiger partial charge in [-0.05, 0) is 32.4 Å². The Morgan fingerprint density at radius 3 is 2.59 bits per heavy atom. The van der Waals surface area contributed by atoms with Gasteiger partial charge in [0.05, 0.1) is 12.6 Å². The van der Waals surface area contributed by atoms with Gasteiger partial charge in [0.1, 0.15) is 0 Å². The fourth-order valence-electron chi connectivity index (χ4n) is 3.42. The van der Waals surface area contributed by atoms with E-state index in [1.54, 1.807) is 0 Å². The zero-order chi connectivity index (χ0) is 14.7. The Morgan fingerprint density at radius 2 is 1.95 bits per heavy atom. The molecule has 6 nitrogen and oxygen atoms in total. The predicted molar refractivity (Wildman–Crippen MR) is 94.4 cm³/mol. The Morgan fingerprint density at radius 1 is 1.23 bits per heavy atom. The third-order valence-electron chi connectivity index (χ3n) is 4.64. The van der Waals surface area contributed by atoms with Crippen molar-refractivity contribution in [3.8, 4) is 0 Å². The number of hydrogen-bond acceptors (Lipinski definition) is 6. The number of ether oxygens (including phenoxy) is 1. The molecule has 2 atom stereocenters. The highest BCUT2D eigenvalue weighted by molar-refractivity contribution is 14.0. The number of aryl methyl sites for hydroxylation is 1. The van der Waals surface area contributed by atoms with Gasteiger partial charge in [-0.3, -0.25) is 4.90 Å². The van der Waals surface area contributed by atoms with E-state index in [0.717, 1.165) is 44.3 Å². The van der Waals surface area contributed by atoms with Gasteiger partial charge in [-0.1, -0.05) is 6.92 Å². The molecule has 0 saturated carbocycles. The van der Waals surface area contributed by atoms with Crippen molar-refractivity contribution in [3.05, 3.63) is 11.8 Å². The van der Waals surface area contributed by atoms with Crippen molar-refractivity contribution in [1.29, 1.82) is 0 Å². The van der Waals surface area contributed by atoms with E-state index >= 15 is 0 Å². The highest BCUT2D eigenvalue weighted by Crippen LogP contribution is 2.24. The summed E-state index contributed by atoms with van der Waals surface area (Å²) in [6.45, 7) is 7.34. The van der Waals surface area contributed by atoms with Crippen LogP contribution in [0.2, 0.25) is 0 Å². The lowest BCUT2D eigenvalue weighted by molar-refractivity contribution is 0.105. The van der Waals surface area contributed by atoms with E-state index < -0.39 is 0 Å². The van der Waals surface area contributed by atoms with Crippen molar-refractivity contribution in [2.75, 3.05) is 33.3 Å². The quantitative estimate of drug-likeness (QED) is 0.654. The molecule has 1 aromatic rings. The van der Waals surface area contributed by atoms with Gasteiger partial charge in [-0.2, -0.15) is 0 Å².